The molecule has 0 saturated heterocycles. The van der Waals surface area contributed by atoms with Crippen LogP contribution in [0.2, 0.25) is 0 Å². The molecule has 0 unspecified atom stereocenters. The second-order valence-corrected chi connectivity index (χ2v) is 16.1. The lowest BCUT2D eigenvalue weighted by Gasteiger charge is -2.31. The molecule has 0 saturated carbocycles. The van der Waals surface area contributed by atoms with Crippen molar-refractivity contribution in [1.82, 2.24) is 0 Å². The minimum atomic E-state index is -0.120. The van der Waals surface area contributed by atoms with Gasteiger partial charge in [-0.2, -0.15) is 0 Å². The van der Waals surface area contributed by atoms with Gasteiger partial charge in [0, 0.05) is 27.8 Å². The third kappa shape index (κ3) is 5.14. The predicted octanol–water partition coefficient (Wildman–Crippen LogP) is 14.8. The zero-order chi connectivity index (χ0) is 37.3. The average molecular weight is 706 g/mol. The number of anilines is 3. The van der Waals surface area contributed by atoms with Crippen LogP contribution in [-0.4, -0.2) is 0 Å². The molecular weight excluding hydrogens is 663 g/mol. The molecular formula is C54H43N. The minimum Gasteiger partial charge on any atom is -0.310 e. The number of hydrogen-bond acceptors (Lipinski definition) is 1. The Kier molecular flexibility index (Phi) is 7.58. The van der Waals surface area contributed by atoms with Crippen LogP contribution >= 0.6 is 0 Å². The van der Waals surface area contributed by atoms with Crippen LogP contribution in [-0.2, 0) is 10.8 Å². The fourth-order valence-corrected chi connectivity index (χ4v) is 9.52. The van der Waals surface area contributed by atoms with Gasteiger partial charge in [-0.15, -0.1) is 0 Å². The van der Waals surface area contributed by atoms with Crippen LogP contribution in [0.15, 0.2) is 188 Å². The van der Waals surface area contributed by atoms with E-state index in [2.05, 4.69) is 221 Å². The maximum atomic E-state index is 2.49. The molecule has 1 heteroatoms. The van der Waals surface area contributed by atoms with Gasteiger partial charge in [0.2, 0.25) is 0 Å². The normalized spacial score (nSPS) is 14.1. The van der Waals surface area contributed by atoms with Crippen molar-refractivity contribution < 1.29 is 0 Å². The van der Waals surface area contributed by atoms with Crippen molar-refractivity contribution in [2.45, 2.75) is 38.5 Å². The number of para-hydroxylation sites is 1. The van der Waals surface area contributed by atoms with Crippen molar-refractivity contribution in [3.05, 3.63) is 210 Å². The molecule has 0 bridgehead atoms. The number of hydrogen-bond donors (Lipinski definition) is 0. The smallest absolute Gasteiger partial charge is 0.0546 e. The molecule has 8 aromatic rings. The van der Waals surface area contributed by atoms with Crippen molar-refractivity contribution in [3.63, 3.8) is 0 Å². The standard InChI is InChI=1S/C54H43N/c1-53(2)47-26-14-12-22-44(47)51-45(24-15-27-48(51)53)52-41(38-31-29-37(30-32-38)36-17-7-5-8-18-36)23-16-28-50(52)55(39-19-9-6-10-20-39)40-33-34-43-42-21-11-13-25-46(42)54(3,4)49(43)35-40/h5-35H,1-4H3. The van der Waals surface area contributed by atoms with E-state index >= 15 is 0 Å². The second kappa shape index (κ2) is 12.6. The Morgan fingerprint density at radius 2 is 0.818 bits per heavy atom. The van der Waals surface area contributed by atoms with Crippen molar-refractivity contribution in [2.75, 3.05) is 4.90 Å². The molecule has 8 aromatic carbocycles. The highest BCUT2D eigenvalue weighted by atomic mass is 15.1. The van der Waals surface area contributed by atoms with E-state index in [1.54, 1.807) is 0 Å². The van der Waals surface area contributed by atoms with Gasteiger partial charge in [0.25, 0.3) is 0 Å². The van der Waals surface area contributed by atoms with Gasteiger partial charge in [-0.3, -0.25) is 0 Å². The summed E-state index contributed by atoms with van der Waals surface area (Å²) in [5, 5.41) is 0. The van der Waals surface area contributed by atoms with Crippen molar-refractivity contribution >= 4 is 17.1 Å². The Balaban J connectivity index is 1.25. The van der Waals surface area contributed by atoms with Crippen LogP contribution in [0.25, 0.3) is 55.6 Å². The molecule has 2 aliphatic rings. The van der Waals surface area contributed by atoms with Crippen molar-refractivity contribution in [1.29, 1.82) is 0 Å². The van der Waals surface area contributed by atoms with Crippen LogP contribution in [0.3, 0.4) is 0 Å². The zero-order valence-electron chi connectivity index (χ0n) is 31.8. The lowest BCUT2D eigenvalue weighted by molar-refractivity contribution is 0.660. The lowest BCUT2D eigenvalue weighted by Crippen LogP contribution is -2.17. The van der Waals surface area contributed by atoms with Gasteiger partial charge in [0.15, 0.2) is 0 Å². The Bertz CT molecular complexity index is 2740. The summed E-state index contributed by atoms with van der Waals surface area (Å²) in [6, 6.07) is 69.6. The van der Waals surface area contributed by atoms with Crippen LogP contribution in [0, 0.1) is 0 Å². The van der Waals surface area contributed by atoms with Gasteiger partial charge >= 0.3 is 0 Å². The third-order valence-electron chi connectivity index (χ3n) is 12.3. The first kappa shape index (κ1) is 33.2. The highest BCUT2D eigenvalue weighted by Gasteiger charge is 2.38. The molecule has 2 aliphatic carbocycles. The molecule has 0 fully saturated rings. The second-order valence-electron chi connectivity index (χ2n) is 16.1. The monoisotopic (exact) mass is 705 g/mol. The fourth-order valence-electron chi connectivity index (χ4n) is 9.52. The maximum Gasteiger partial charge on any atom is 0.0546 e. The number of benzene rings is 8. The van der Waals surface area contributed by atoms with E-state index in [9.17, 15) is 0 Å². The van der Waals surface area contributed by atoms with E-state index in [0.29, 0.717) is 0 Å². The quantitative estimate of drug-likeness (QED) is 0.166. The minimum absolute atomic E-state index is 0.117. The van der Waals surface area contributed by atoms with E-state index in [4.69, 9.17) is 0 Å². The highest BCUT2D eigenvalue weighted by Crippen LogP contribution is 2.56. The topological polar surface area (TPSA) is 3.24 Å². The Morgan fingerprint density at radius 1 is 0.309 bits per heavy atom. The Labute approximate surface area is 325 Å². The lowest BCUT2D eigenvalue weighted by atomic mass is 9.81. The molecule has 264 valence electrons. The predicted molar refractivity (Wildman–Crippen MR) is 233 cm³/mol. The SMILES string of the molecule is CC1(C)c2ccccc2-c2ccc(N(c3ccccc3)c3cccc(-c4ccc(-c5ccccc5)cc4)c3-c3cccc4c3-c3ccccc3C4(C)C)cc21. The molecule has 0 spiro atoms. The molecule has 0 amide bonds. The maximum absolute atomic E-state index is 2.49. The first-order valence-corrected chi connectivity index (χ1v) is 19.4. The Hall–Kier alpha value is -6.44. The molecule has 0 heterocycles. The first-order chi connectivity index (χ1) is 26.8. The van der Waals surface area contributed by atoms with Gasteiger partial charge < -0.3 is 4.90 Å². The van der Waals surface area contributed by atoms with E-state index < -0.39 is 0 Å². The number of fused-ring (bicyclic) bond motifs is 6. The molecule has 0 aromatic heterocycles. The molecule has 0 radical (unpaired) electrons. The largest absolute Gasteiger partial charge is 0.310 e. The summed E-state index contributed by atoms with van der Waals surface area (Å²) in [5.41, 5.74) is 21.3. The Morgan fingerprint density at radius 3 is 1.56 bits per heavy atom. The van der Waals surface area contributed by atoms with Gasteiger partial charge in [-0.25, -0.2) is 0 Å². The van der Waals surface area contributed by atoms with Crippen LogP contribution in [0.1, 0.15) is 49.9 Å². The summed E-state index contributed by atoms with van der Waals surface area (Å²) in [6.07, 6.45) is 0. The van der Waals surface area contributed by atoms with Gasteiger partial charge in [-0.1, -0.05) is 185 Å². The summed E-state index contributed by atoms with van der Waals surface area (Å²) >= 11 is 0. The average Bonchev–Trinajstić information content (AvgIpc) is 3.61. The summed E-state index contributed by atoms with van der Waals surface area (Å²) in [5.74, 6) is 0. The summed E-state index contributed by atoms with van der Waals surface area (Å²) in [6.45, 7) is 9.48. The zero-order valence-corrected chi connectivity index (χ0v) is 31.8. The van der Waals surface area contributed by atoms with Gasteiger partial charge in [0.1, 0.15) is 0 Å². The molecule has 55 heavy (non-hydrogen) atoms. The van der Waals surface area contributed by atoms with Crippen molar-refractivity contribution in [2.24, 2.45) is 0 Å². The molecule has 1 nitrogen and oxygen atoms in total. The number of rotatable bonds is 6. The van der Waals surface area contributed by atoms with Crippen LogP contribution < -0.4 is 4.90 Å². The van der Waals surface area contributed by atoms with Crippen LogP contribution in [0.5, 0.6) is 0 Å². The fraction of sp³-hybridized carbons (Fsp3) is 0.111. The van der Waals surface area contributed by atoms with E-state index in [-0.39, 0.29) is 10.8 Å². The number of nitrogens with zero attached hydrogens (tertiary/aromatic N) is 1. The third-order valence-corrected chi connectivity index (χ3v) is 12.3. The summed E-state index contributed by atoms with van der Waals surface area (Å²) in [4.78, 5) is 2.49. The summed E-state index contributed by atoms with van der Waals surface area (Å²) < 4.78 is 0. The van der Waals surface area contributed by atoms with Crippen molar-refractivity contribution in [3.8, 4) is 55.6 Å². The van der Waals surface area contributed by atoms with E-state index in [1.165, 1.54) is 77.9 Å². The van der Waals surface area contributed by atoms with Gasteiger partial charge in [-0.05, 0) is 103 Å². The molecule has 10 rings (SSSR count). The first-order valence-electron chi connectivity index (χ1n) is 19.4. The van der Waals surface area contributed by atoms with E-state index in [0.717, 1.165) is 17.1 Å². The highest BCUT2D eigenvalue weighted by molar-refractivity contribution is 6.04. The molecule has 0 N–H and O–H groups in total. The van der Waals surface area contributed by atoms with Crippen LogP contribution in [0.4, 0.5) is 17.1 Å². The summed E-state index contributed by atoms with van der Waals surface area (Å²) in [7, 11) is 0. The molecule has 0 atom stereocenters. The van der Waals surface area contributed by atoms with Gasteiger partial charge in [0.05, 0.1) is 5.69 Å². The molecule has 0 aliphatic heterocycles. The van der Waals surface area contributed by atoms with E-state index in [1.807, 2.05) is 0 Å².